The van der Waals surface area contributed by atoms with Gasteiger partial charge < -0.3 is 15.4 Å². The summed E-state index contributed by atoms with van der Waals surface area (Å²) in [5.74, 6) is -0.542. The average molecular weight is 624 g/mol. The summed E-state index contributed by atoms with van der Waals surface area (Å²) in [5.41, 5.74) is 1.57. The van der Waals surface area contributed by atoms with Gasteiger partial charge in [0, 0.05) is 11.4 Å². The van der Waals surface area contributed by atoms with Gasteiger partial charge in [-0.25, -0.2) is 0 Å². The number of amides is 2. The fourth-order valence-electron chi connectivity index (χ4n) is 2.74. The van der Waals surface area contributed by atoms with Gasteiger partial charge in [-0.05, 0) is 86.0 Å². The Morgan fingerprint density at radius 1 is 0.941 bits per heavy atom. The molecule has 0 aliphatic carbocycles. The van der Waals surface area contributed by atoms with Crippen LogP contribution in [0.5, 0.6) is 5.75 Å². The van der Waals surface area contributed by atoms with E-state index in [2.05, 4.69) is 42.5 Å². The molecule has 172 valence electrons. The second kappa shape index (κ2) is 12.0. The Labute approximate surface area is 222 Å². The van der Waals surface area contributed by atoms with Gasteiger partial charge in [0.2, 0.25) is 0 Å². The minimum Gasteiger partial charge on any atom is -0.481 e. The third kappa shape index (κ3) is 7.08. The second-order valence-electron chi connectivity index (χ2n) is 6.77. The van der Waals surface area contributed by atoms with Crippen molar-refractivity contribution in [1.82, 2.24) is 0 Å². The third-order valence-corrected chi connectivity index (χ3v) is 6.20. The molecular formula is C24H15Br2Cl2N3O3. The molecule has 0 fully saturated rings. The van der Waals surface area contributed by atoms with E-state index in [0.29, 0.717) is 41.7 Å². The van der Waals surface area contributed by atoms with Crippen molar-refractivity contribution >= 4 is 84.3 Å². The molecule has 6 nitrogen and oxygen atoms in total. The van der Waals surface area contributed by atoms with Crippen LogP contribution in [0.25, 0.3) is 6.08 Å². The summed E-state index contributed by atoms with van der Waals surface area (Å²) >= 11 is 18.6. The highest BCUT2D eigenvalue weighted by molar-refractivity contribution is 9.11. The maximum absolute atomic E-state index is 12.4. The topological polar surface area (TPSA) is 91.2 Å². The Bertz CT molecular complexity index is 1290. The molecule has 3 aromatic carbocycles. The molecule has 0 unspecified atom stereocenters. The molecule has 0 aliphatic heterocycles. The zero-order valence-corrected chi connectivity index (χ0v) is 21.9. The van der Waals surface area contributed by atoms with E-state index in [4.69, 9.17) is 27.9 Å². The standard InChI is InChI=1S/C24H15Br2Cl2N3O3/c25-18-9-14(8-15(12-29)24(33)31-16-4-2-1-3-5-16)10-19(26)23(18)34-13-22(32)30-17-6-7-20(27)21(28)11-17/h1-11H,13H2,(H,30,32)(H,31,33)/b15-8+. The van der Waals surface area contributed by atoms with Gasteiger partial charge in [0.05, 0.1) is 19.0 Å². The lowest BCUT2D eigenvalue weighted by Crippen LogP contribution is -2.20. The maximum Gasteiger partial charge on any atom is 0.266 e. The minimum absolute atomic E-state index is 0.0719. The van der Waals surface area contributed by atoms with Crippen LogP contribution in [0.1, 0.15) is 5.56 Å². The number of carbonyl (C=O) groups is 2. The van der Waals surface area contributed by atoms with Crippen LogP contribution in [-0.2, 0) is 9.59 Å². The maximum atomic E-state index is 12.4. The normalized spacial score (nSPS) is 10.9. The largest absolute Gasteiger partial charge is 0.481 e. The van der Waals surface area contributed by atoms with Gasteiger partial charge in [-0.15, -0.1) is 0 Å². The number of para-hydroxylation sites is 1. The summed E-state index contributed by atoms with van der Waals surface area (Å²) in [7, 11) is 0. The lowest BCUT2D eigenvalue weighted by molar-refractivity contribution is -0.118. The quantitative estimate of drug-likeness (QED) is 0.217. The molecule has 0 aliphatic rings. The van der Waals surface area contributed by atoms with Crippen molar-refractivity contribution in [1.29, 1.82) is 5.26 Å². The molecule has 0 saturated heterocycles. The van der Waals surface area contributed by atoms with Gasteiger partial charge in [0.1, 0.15) is 17.4 Å². The van der Waals surface area contributed by atoms with Crippen molar-refractivity contribution in [2.24, 2.45) is 0 Å². The number of hydrogen-bond acceptors (Lipinski definition) is 4. The molecule has 0 atom stereocenters. The van der Waals surface area contributed by atoms with Crippen LogP contribution in [0.3, 0.4) is 0 Å². The third-order valence-electron chi connectivity index (χ3n) is 4.28. The first kappa shape index (κ1) is 25.8. The molecule has 3 rings (SSSR count). The predicted molar refractivity (Wildman–Crippen MR) is 141 cm³/mol. The summed E-state index contributed by atoms with van der Waals surface area (Å²) in [6, 6.07) is 18.8. The van der Waals surface area contributed by atoms with E-state index in [1.165, 1.54) is 12.1 Å². The molecule has 3 aromatic rings. The first-order valence-electron chi connectivity index (χ1n) is 9.61. The smallest absolute Gasteiger partial charge is 0.266 e. The molecule has 0 aromatic heterocycles. The average Bonchev–Trinajstić information content (AvgIpc) is 2.80. The SMILES string of the molecule is N#C/C(=C\c1cc(Br)c(OCC(=O)Nc2ccc(Cl)c(Cl)c2)c(Br)c1)C(=O)Nc1ccccc1. The van der Waals surface area contributed by atoms with Gasteiger partial charge >= 0.3 is 0 Å². The van der Waals surface area contributed by atoms with Crippen molar-refractivity contribution in [2.75, 3.05) is 17.2 Å². The van der Waals surface area contributed by atoms with Crippen molar-refractivity contribution in [3.8, 4) is 11.8 Å². The first-order chi connectivity index (χ1) is 16.3. The summed E-state index contributed by atoms with van der Waals surface area (Å²) < 4.78 is 6.69. The van der Waals surface area contributed by atoms with Crippen LogP contribution in [0.15, 0.2) is 75.2 Å². The predicted octanol–water partition coefficient (Wildman–Crippen LogP) is 7.08. The van der Waals surface area contributed by atoms with E-state index in [9.17, 15) is 14.9 Å². The number of nitrogens with one attached hydrogen (secondary N) is 2. The number of benzene rings is 3. The van der Waals surface area contributed by atoms with Crippen molar-refractivity contribution in [3.05, 3.63) is 90.8 Å². The summed E-state index contributed by atoms with van der Waals surface area (Å²) in [5, 5.41) is 15.5. The highest BCUT2D eigenvalue weighted by atomic mass is 79.9. The van der Waals surface area contributed by atoms with Crippen LogP contribution in [-0.4, -0.2) is 18.4 Å². The van der Waals surface area contributed by atoms with E-state index in [-0.39, 0.29) is 12.2 Å². The Morgan fingerprint density at radius 3 is 2.24 bits per heavy atom. The number of hydrogen-bond donors (Lipinski definition) is 2. The van der Waals surface area contributed by atoms with E-state index < -0.39 is 11.8 Å². The Balaban J connectivity index is 1.68. The molecular weight excluding hydrogens is 609 g/mol. The summed E-state index contributed by atoms with van der Waals surface area (Å²) in [6.07, 6.45) is 1.45. The van der Waals surface area contributed by atoms with E-state index >= 15 is 0 Å². The lowest BCUT2D eigenvalue weighted by atomic mass is 10.1. The van der Waals surface area contributed by atoms with Gasteiger partial charge in [0.25, 0.3) is 11.8 Å². The van der Waals surface area contributed by atoms with Crippen LogP contribution >= 0.6 is 55.1 Å². The summed E-state index contributed by atoms with van der Waals surface area (Å²) in [4.78, 5) is 24.7. The van der Waals surface area contributed by atoms with Crippen molar-refractivity contribution < 1.29 is 14.3 Å². The highest BCUT2D eigenvalue weighted by Crippen LogP contribution is 2.35. The number of nitriles is 1. The van der Waals surface area contributed by atoms with Crippen LogP contribution in [0, 0.1) is 11.3 Å². The molecule has 0 radical (unpaired) electrons. The number of ether oxygens (including phenoxy) is 1. The van der Waals surface area contributed by atoms with E-state index in [0.717, 1.165) is 0 Å². The van der Waals surface area contributed by atoms with Gasteiger partial charge in [-0.2, -0.15) is 5.26 Å². The molecule has 10 heteroatoms. The van der Waals surface area contributed by atoms with Crippen molar-refractivity contribution in [2.45, 2.75) is 0 Å². The number of halogens is 4. The number of rotatable bonds is 7. The Hall–Kier alpha value is -2.83. The van der Waals surface area contributed by atoms with Crippen LogP contribution in [0.2, 0.25) is 10.0 Å². The van der Waals surface area contributed by atoms with Gasteiger partial charge in [-0.1, -0.05) is 41.4 Å². The number of carbonyl (C=O) groups excluding carboxylic acids is 2. The zero-order valence-electron chi connectivity index (χ0n) is 17.2. The first-order valence-corrected chi connectivity index (χ1v) is 12.0. The summed E-state index contributed by atoms with van der Waals surface area (Å²) in [6.45, 7) is -0.268. The van der Waals surface area contributed by atoms with Crippen molar-refractivity contribution in [3.63, 3.8) is 0 Å². The lowest BCUT2D eigenvalue weighted by Gasteiger charge is -2.12. The number of nitrogens with zero attached hydrogens (tertiary/aromatic N) is 1. The van der Waals surface area contributed by atoms with Gasteiger partial charge in [0.15, 0.2) is 6.61 Å². The van der Waals surface area contributed by atoms with Crippen LogP contribution in [0.4, 0.5) is 11.4 Å². The zero-order chi connectivity index (χ0) is 24.7. The monoisotopic (exact) mass is 621 g/mol. The fraction of sp³-hybridized carbons (Fsp3) is 0.0417. The number of anilines is 2. The second-order valence-corrected chi connectivity index (χ2v) is 9.29. The molecule has 2 amide bonds. The Morgan fingerprint density at radius 2 is 1.62 bits per heavy atom. The molecule has 0 saturated carbocycles. The fourth-order valence-corrected chi connectivity index (χ4v) is 4.49. The molecule has 0 bridgehead atoms. The molecule has 34 heavy (non-hydrogen) atoms. The Kier molecular flexibility index (Phi) is 9.13. The van der Waals surface area contributed by atoms with Gasteiger partial charge in [-0.3, -0.25) is 9.59 Å². The molecule has 2 N–H and O–H groups in total. The van der Waals surface area contributed by atoms with E-state index in [1.54, 1.807) is 48.5 Å². The minimum atomic E-state index is -0.528. The molecule has 0 heterocycles. The molecule has 0 spiro atoms. The van der Waals surface area contributed by atoms with Crippen LogP contribution < -0.4 is 15.4 Å². The highest BCUT2D eigenvalue weighted by Gasteiger charge is 2.14. The van der Waals surface area contributed by atoms with E-state index in [1.807, 2.05) is 12.1 Å².